The van der Waals surface area contributed by atoms with Crippen molar-refractivity contribution in [2.24, 2.45) is 0 Å². The summed E-state index contributed by atoms with van der Waals surface area (Å²) < 4.78 is 12.4. The van der Waals surface area contributed by atoms with Crippen LogP contribution < -0.4 is 0 Å². The number of nitrogens with zero attached hydrogens (tertiary/aromatic N) is 1. The first-order valence-corrected chi connectivity index (χ1v) is 6.24. The smallest absolute Gasteiger partial charge is 0.0870 e. The van der Waals surface area contributed by atoms with Crippen LogP contribution in [0.15, 0.2) is 52.4 Å². The fraction of sp³-hybridized carbons (Fsp3) is 0.154. The van der Waals surface area contributed by atoms with E-state index in [4.69, 9.17) is 0 Å². The topological polar surface area (TPSA) is 30.0 Å². The van der Waals surface area contributed by atoms with E-state index in [0.717, 1.165) is 21.0 Å². The van der Waals surface area contributed by atoms with Crippen LogP contribution in [-0.2, 0) is 10.8 Å². The Morgan fingerprint density at radius 3 is 2.38 bits per heavy atom. The van der Waals surface area contributed by atoms with Crippen LogP contribution in [0.4, 0.5) is 0 Å². The van der Waals surface area contributed by atoms with E-state index in [-0.39, 0.29) is 0 Å². The summed E-state index contributed by atoms with van der Waals surface area (Å²) in [6.07, 6.45) is 1.72. The minimum absolute atomic E-state index is 0.789. The van der Waals surface area contributed by atoms with Crippen LogP contribution >= 0.6 is 0 Å². The molecule has 1 unspecified atom stereocenters. The van der Waals surface area contributed by atoms with E-state index < -0.39 is 10.8 Å². The van der Waals surface area contributed by atoms with Gasteiger partial charge in [0.25, 0.3) is 0 Å². The average molecular weight is 231 g/mol. The second-order valence-corrected chi connectivity index (χ2v) is 5.04. The Morgan fingerprint density at radius 2 is 1.69 bits per heavy atom. The number of hydrogen-bond donors (Lipinski definition) is 0. The van der Waals surface area contributed by atoms with Crippen molar-refractivity contribution in [3.05, 3.63) is 53.9 Å². The molecule has 3 heteroatoms. The molecule has 1 atom stereocenters. The first-order chi connectivity index (χ1) is 7.70. The molecule has 16 heavy (non-hydrogen) atoms. The lowest BCUT2D eigenvalue weighted by atomic mass is 10.2. The highest BCUT2D eigenvalue weighted by Gasteiger charge is 2.11. The Balaban J connectivity index is 2.48. The van der Waals surface area contributed by atoms with Gasteiger partial charge in [-0.1, -0.05) is 18.2 Å². The first kappa shape index (κ1) is 11.0. The molecule has 0 aliphatic rings. The molecule has 0 amide bonds. The monoisotopic (exact) mass is 231 g/mol. The van der Waals surface area contributed by atoms with E-state index in [1.807, 2.05) is 50.2 Å². The van der Waals surface area contributed by atoms with Gasteiger partial charge in [0, 0.05) is 11.1 Å². The van der Waals surface area contributed by atoms with Crippen LogP contribution in [0.1, 0.15) is 11.3 Å². The standard InChI is InChI=1S/C13H13NOS/c1-10-6-3-4-7-12(10)16(15)13-8-5-9-14-11(13)2/h3-9H,1-2H3. The van der Waals surface area contributed by atoms with Crippen molar-refractivity contribution in [3.63, 3.8) is 0 Å². The zero-order valence-electron chi connectivity index (χ0n) is 9.31. The number of benzene rings is 1. The molecule has 1 heterocycles. The van der Waals surface area contributed by atoms with Gasteiger partial charge >= 0.3 is 0 Å². The van der Waals surface area contributed by atoms with Gasteiger partial charge in [0.2, 0.25) is 0 Å². The van der Waals surface area contributed by atoms with Gasteiger partial charge in [-0.25, -0.2) is 4.21 Å². The number of aryl methyl sites for hydroxylation is 2. The summed E-state index contributed by atoms with van der Waals surface area (Å²) in [4.78, 5) is 5.81. The van der Waals surface area contributed by atoms with Crippen LogP contribution in [0, 0.1) is 13.8 Å². The number of pyridine rings is 1. The van der Waals surface area contributed by atoms with Crippen molar-refractivity contribution in [1.29, 1.82) is 0 Å². The van der Waals surface area contributed by atoms with Gasteiger partial charge in [-0.05, 0) is 37.6 Å². The molecule has 0 aliphatic carbocycles. The third-order valence-corrected chi connectivity index (χ3v) is 4.14. The Hall–Kier alpha value is -1.48. The van der Waals surface area contributed by atoms with Crippen molar-refractivity contribution >= 4 is 10.8 Å². The summed E-state index contributed by atoms with van der Waals surface area (Å²) >= 11 is 0. The Labute approximate surface area is 97.8 Å². The first-order valence-electron chi connectivity index (χ1n) is 5.09. The van der Waals surface area contributed by atoms with Gasteiger partial charge in [0.15, 0.2) is 0 Å². The Kier molecular flexibility index (Phi) is 3.15. The molecular weight excluding hydrogens is 218 g/mol. The predicted octanol–water partition coefficient (Wildman–Crippen LogP) is 2.87. The fourth-order valence-electron chi connectivity index (χ4n) is 1.55. The summed E-state index contributed by atoms with van der Waals surface area (Å²) in [7, 11) is -1.13. The van der Waals surface area contributed by atoms with Crippen LogP contribution in [0.2, 0.25) is 0 Å². The molecule has 0 radical (unpaired) electrons. The molecule has 0 fully saturated rings. The van der Waals surface area contributed by atoms with Crippen LogP contribution in [-0.4, -0.2) is 9.19 Å². The van der Waals surface area contributed by atoms with E-state index in [0.29, 0.717) is 0 Å². The lowest BCUT2D eigenvalue weighted by Gasteiger charge is -2.07. The van der Waals surface area contributed by atoms with Crippen LogP contribution in [0.25, 0.3) is 0 Å². The van der Waals surface area contributed by atoms with E-state index in [1.165, 1.54) is 0 Å². The van der Waals surface area contributed by atoms with Gasteiger partial charge in [0.1, 0.15) is 0 Å². The molecule has 1 aromatic heterocycles. The van der Waals surface area contributed by atoms with Gasteiger partial charge in [-0.3, -0.25) is 4.98 Å². The molecule has 0 saturated heterocycles. The molecule has 0 spiro atoms. The van der Waals surface area contributed by atoms with E-state index >= 15 is 0 Å². The SMILES string of the molecule is Cc1ccccc1S(=O)c1cccnc1C. The molecule has 2 aromatic rings. The average Bonchev–Trinajstić information content (AvgIpc) is 2.29. The van der Waals surface area contributed by atoms with E-state index in [1.54, 1.807) is 6.20 Å². The van der Waals surface area contributed by atoms with Crippen molar-refractivity contribution < 1.29 is 4.21 Å². The molecule has 0 aliphatic heterocycles. The minimum Gasteiger partial charge on any atom is -0.260 e. The zero-order chi connectivity index (χ0) is 11.5. The highest BCUT2D eigenvalue weighted by Crippen LogP contribution is 2.20. The maximum absolute atomic E-state index is 12.4. The van der Waals surface area contributed by atoms with Gasteiger partial charge in [-0.2, -0.15) is 0 Å². The second-order valence-electron chi connectivity index (χ2n) is 3.62. The summed E-state index contributed by atoms with van der Waals surface area (Å²) in [5.41, 5.74) is 1.87. The molecule has 82 valence electrons. The normalized spacial score (nSPS) is 12.4. The number of rotatable bonds is 2. The summed E-state index contributed by atoms with van der Waals surface area (Å²) in [5, 5.41) is 0. The van der Waals surface area contributed by atoms with E-state index in [2.05, 4.69) is 4.98 Å². The molecule has 0 bridgehead atoms. The lowest BCUT2D eigenvalue weighted by molar-refractivity contribution is 0.681. The van der Waals surface area contributed by atoms with Crippen molar-refractivity contribution in [2.75, 3.05) is 0 Å². The summed E-state index contributed by atoms with van der Waals surface area (Å²) in [6.45, 7) is 3.85. The zero-order valence-corrected chi connectivity index (χ0v) is 10.1. The fourth-order valence-corrected chi connectivity index (χ4v) is 2.87. The van der Waals surface area contributed by atoms with Gasteiger partial charge in [-0.15, -0.1) is 0 Å². The van der Waals surface area contributed by atoms with Crippen molar-refractivity contribution in [2.45, 2.75) is 23.6 Å². The quantitative estimate of drug-likeness (QED) is 0.795. The van der Waals surface area contributed by atoms with Crippen molar-refractivity contribution in [3.8, 4) is 0 Å². The molecule has 2 rings (SSSR count). The lowest BCUT2D eigenvalue weighted by Crippen LogP contribution is -1.99. The molecule has 1 aromatic carbocycles. The second kappa shape index (κ2) is 4.58. The number of hydrogen-bond acceptors (Lipinski definition) is 2. The van der Waals surface area contributed by atoms with Crippen LogP contribution in [0.5, 0.6) is 0 Å². The molecular formula is C13H13NOS. The van der Waals surface area contributed by atoms with Gasteiger partial charge in [0.05, 0.1) is 21.4 Å². The van der Waals surface area contributed by atoms with Gasteiger partial charge < -0.3 is 0 Å². The summed E-state index contributed by atoms with van der Waals surface area (Å²) in [5.74, 6) is 0. The van der Waals surface area contributed by atoms with Crippen molar-refractivity contribution in [1.82, 2.24) is 4.98 Å². The highest BCUT2D eigenvalue weighted by atomic mass is 32.2. The Bertz CT molecular complexity index is 489. The number of aromatic nitrogens is 1. The maximum Gasteiger partial charge on any atom is 0.0870 e. The highest BCUT2D eigenvalue weighted by molar-refractivity contribution is 7.85. The minimum atomic E-state index is -1.13. The molecule has 0 saturated carbocycles. The van der Waals surface area contributed by atoms with E-state index in [9.17, 15) is 4.21 Å². The maximum atomic E-state index is 12.4. The largest absolute Gasteiger partial charge is 0.260 e. The van der Waals surface area contributed by atoms with Crippen LogP contribution in [0.3, 0.4) is 0 Å². The summed E-state index contributed by atoms with van der Waals surface area (Å²) in [6, 6.07) is 11.4. The predicted molar refractivity (Wildman–Crippen MR) is 64.8 cm³/mol. The molecule has 0 N–H and O–H groups in total. The third-order valence-electron chi connectivity index (χ3n) is 2.45. The third kappa shape index (κ3) is 2.04. The Morgan fingerprint density at radius 1 is 1.00 bits per heavy atom. The molecule has 2 nitrogen and oxygen atoms in total.